The van der Waals surface area contributed by atoms with Crippen molar-refractivity contribution in [3.63, 3.8) is 0 Å². The normalized spacial score (nSPS) is 16.4. The highest BCUT2D eigenvalue weighted by Gasteiger charge is 2.28. The van der Waals surface area contributed by atoms with Gasteiger partial charge >= 0.3 is 0 Å². The predicted molar refractivity (Wildman–Crippen MR) is 68.0 cm³/mol. The summed E-state index contributed by atoms with van der Waals surface area (Å²) in [6.07, 6.45) is 6.10. The van der Waals surface area contributed by atoms with E-state index >= 15 is 0 Å². The molecule has 0 aliphatic rings. The molecule has 0 amide bonds. The lowest BCUT2D eigenvalue weighted by Crippen LogP contribution is -2.26. The molecule has 15 heavy (non-hydrogen) atoms. The van der Waals surface area contributed by atoms with Gasteiger partial charge in [0.1, 0.15) is 0 Å². The Kier molecular flexibility index (Phi) is 7.25. The van der Waals surface area contributed by atoms with E-state index in [1.807, 2.05) is 0 Å². The molecule has 2 atom stereocenters. The molecule has 0 fully saturated rings. The van der Waals surface area contributed by atoms with E-state index in [-0.39, 0.29) is 0 Å². The number of rotatable bonds is 8. The molecule has 0 saturated heterocycles. The maximum Gasteiger partial charge on any atom is 0.0459 e. The third-order valence-corrected chi connectivity index (χ3v) is 3.95. The Morgan fingerprint density at radius 1 is 1.07 bits per heavy atom. The molecule has 1 N–H and O–H groups in total. The summed E-state index contributed by atoms with van der Waals surface area (Å²) in [5.74, 6) is 1.26. The van der Waals surface area contributed by atoms with Crippen molar-refractivity contribution < 1.29 is 5.11 Å². The van der Waals surface area contributed by atoms with E-state index in [0.717, 1.165) is 12.3 Å². The third-order valence-electron chi connectivity index (χ3n) is 3.95. The van der Waals surface area contributed by atoms with E-state index < -0.39 is 0 Å². The van der Waals surface area contributed by atoms with E-state index in [9.17, 15) is 5.11 Å². The average Bonchev–Trinajstić information content (AvgIpc) is 2.19. The van der Waals surface area contributed by atoms with Crippen molar-refractivity contribution in [3.05, 3.63) is 0 Å². The summed E-state index contributed by atoms with van der Waals surface area (Å²) in [6, 6.07) is 0. The first-order valence-corrected chi connectivity index (χ1v) is 6.62. The first-order valence-electron chi connectivity index (χ1n) is 6.62. The zero-order valence-corrected chi connectivity index (χ0v) is 11.3. The van der Waals surface area contributed by atoms with Crippen LogP contribution in [0.1, 0.15) is 66.7 Å². The van der Waals surface area contributed by atoms with Gasteiger partial charge in [0.25, 0.3) is 0 Å². The lowest BCUT2D eigenvalue weighted by atomic mass is 9.70. The first kappa shape index (κ1) is 15.0. The molecule has 2 unspecified atom stereocenters. The molecule has 0 saturated carbocycles. The molecule has 92 valence electrons. The minimum absolute atomic E-state index is 0.356. The Morgan fingerprint density at radius 3 is 2.00 bits per heavy atom. The number of aliphatic hydroxyl groups excluding tert-OH is 1. The number of aliphatic hydroxyl groups is 1. The molecule has 0 rings (SSSR count). The lowest BCUT2D eigenvalue weighted by Gasteiger charge is -2.35. The second kappa shape index (κ2) is 7.27. The van der Waals surface area contributed by atoms with Crippen molar-refractivity contribution in [2.24, 2.45) is 17.3 Å². The Balaban J connectivity index is 4.33. The van der Waals surface area contributed by atoms with E-state index in [4.69, 9.17) is 0 Å². The Morgan fingerprint density at radius 2 is 1.67 bits per heavy atom. The summed E-state index contributed by atoms with van der Waals surface area (Å²) in [7, 11) is 0. The molecule has 0 aliphatic carbocycles. The Hall–Kier alpha value is -0.0400. The second-order valence-corrected chi connectivity index (χ2v) is 5.54. The highest BCUT2D eigenvalue weighted by molar-refractivity contribution is 4.79. The fourth-order valence-electron chi connectivity index (χ4n) is 2.66. The van der Waals surface area contributed by atoms with Crippen LogP contribution in [0.3, 0.4) is 0 Å². The maximum atomic E-state index is 9.27. The molecule has 0 bridgehead atoms. The van der Waals surface area contributed by atoms with Crippen LogP contribution in [-0.4, -0.2) is 11.7 Å². The fourth-order valence-corrected chi connectivity index (χ4v) is 2.66. The van der Waals surface area contributed by atoms with Crippen LogP contribution in [0.2, 0.25) is 0 Å². The molecular weight excluding hydrogens is 184 g/mol. The van der Waals surface area contributed by atoms with Crippen LogP contribution in [0.5, 0.6) is 0 Å². The van der Waals surface area contributed by atoms with Crippen LogP contribution >= 0.6 is 0 Å². The molecule has 0 heterocycles. The molecule has 0 spiro atoms. The van der Waals surface area contributed by atoms with E-state index in [0.29, 0.717) is 17.9 Å². The van der Waals surface area contributed by atoms with Gasteiger partial charge < -0.3 is 5.11 Å². The lowest BCUT2D eigenvalue weighted by molar-refractivity contribution is 0.122. The zero-order chi connectivity index (χ0) is 11.9. The molecule has 0 aromatic rings. The first-order chi connectivity index (χ1) is 7.01. The summed E-state index contributed by atoms with van der Waals surface area (Å²) < 4.78 is 0. The smallest absolute Gasteiger partial charge is 0.0459 e. The van der Waals surface area contributed by atoms with E-state index in [2.05, 4.69) is 34.6 Å². The minimum Gasteiger partial charge on any atom is -0.396 e. The molecule has 1 heteroatoms. The Bertz CT molecular complexity index is 147. The largest absolute Gasteiger partial charge is 0.396 e. The zero-order valence-electron chi connectivity index (χ0n) is 11.3. The summed E-state index contributed by atoms with van der Waals surface area (Å²) in [5.41, 5.74) is 0.437. The van der Waals surface area contributed by atoms with Crippen LogP contribution in [0.25, 0.3) is 0 Å². The number of hydrogen-bond donors (Lipinski definition) is 1. The SMILES string of the molecule is CCCC(C)(C)C(CC)CC(CC)CO. The van der Waals surface area contributed by atoms with Crippen LogP contribution in [0.15, 0.2) is 0 Å². The quantitative estimate of drug-likeness (QED) is 0.640. The van der Waals surface area contributed by atoms with Gasteiger partial charge in [-0.15, -0.1) is 0 Å². The summed E-state index contributed by atoms with van der Waals surface area (Å²) in [5, 5.41) is 9.27. The van der Waals surface area contributed by atoms with E-state index in [1.54, 1.807) is 0 Å². The second-order valence-electron chi connectivity index (χ2n) is 5.54. The van der Waals surface area contributed by atoms with Gasteiger partial charge in [0.2, 0.25) is 0 Å². The summed E-state index contributed by atoms with van der Waals surface area (Å²) in [6.45, 7) is 11.9. The van der Waals surface area contributed by atoms with Crippen molar-refractivity contribution in [2.45, 2.75) is 66.7 Å². The minimum atomic E-state index is 0.356. The Labute approximate surface area is 96.3 Å². The maximum absolute atomic E-state index is 9.27. The standard InChI is InChI=1S/C14H30O/c1-6-9-14(4,5)13(8-3)10-12(7-2)11-15/h12-13,15H,6-11H2,1-5H3. The van der Waals surface area contributed by atoms with Gasteiger partial charge in [0.05, 0.1) is 0 Å². The monoisotopic (exact) mass is 214 g/mol. The molecule has 0 radical (unpaired) electrons. The van der Waals surface area contributed by atoms with Crippen LogP contribution < -0.4 is 0 Å². The highest BCUT2D eigenvalue weighted by atomic mass is 16.3. The number of hydrogen-bond acceptors (Lipinski definition) is 1. The van der Waals surface area contributed by atoms with Crippen LogP contribution in [-0.2, 0) is 0 Å². The van der Waals surface area contributed by atoms with Crippen LogP contribution in [0.4, 0.5) is 0 Å². The van der Waals surface area contributed by atoms with Crippen molar-refractivity contribution in [3.8, 4) is 0 Å². The van der Waals surface area contributed by atoms with Gasteiger partial charge in [-0.25, -0.2) is 0 Å². The van der Waals surface area contributed by atoms with Gasteiger partial charge in [0, 0.05) is 6.61 Å². The van der Waals surface area contributed by atoms with Gasteiger partial charge in [0.15, 0.2) is 0 Å². The van der Waals surface area contributed by atoms with E-state index in [1.165, 1.54) is 25.7 Å². The fraction of sp³-hybridized carbons (Fsp3) is 1.00. The van der Waals surface area contributed by atoms with Gasteiger partial charge in [-0.05, 0) is 30.1 Å². The van der Waals surface area contributed by atoms with Crippen molar-refractivity contribution in [1.29, 1.82) is 0 Å². The summed E-state index contributed by atoms with van der Waals surface area (Å²) >= 11 is 0. The van der Waals surface area contributed by atoms with Gasteiger partial charge in [-0.1, -0.05) is 53.9 Å². The van der Waals surface area contributed by atoms with Crippen molar-refractivity contribution in [2.75, 3.05) is 6.61 Å². The molecule has 1 nitrogen and oxygen atoms in total. The topological polar surface area (TPSA) is 20.2 Å². The average molecular weight is 214 g/mol. The third kappa shape index (κ3) is 5.01. The molecule has 0 aliphatic heterocycles. The molecular formula is C14H30O. The predicted octanol–water partition coefficient (Wildman–Crippen LogP) is 4.25. The van der Waals surface area contributed by atoms with Crippen LogP contribution in [0, 0.1) is 17.3 Å². The van der Waals surface area contributed by atoms with Crippen molar-refractivity contribution >= 4 is 0 Å². The van der Waals surface area contributed by atoms with Gasteiger partial charge in [-0.2, -0.15) is 0 Å². The molecule has 0 aromatic carbocycles. The van der Waals surface area contributed by atoms with Crippen molar-refractivity contribution in [1.82, 2.24) is 0 Å². The molecule has 0 aromatic heterocycles. The van der Waals surface area contributed by atoms with Gasteiger partial charge in [-0.3, -0.25) is 0 Å². The highest BCUT2D eigenvalue weighted by Crippen LogP contribution is 2.38. The summed E-state index contributed by atoms with van der Waals surface area (Å²) in [4.78, 5) is 0.